The highest BCUT2D eigenvalue weighted by Gasteiger charge is 2.27. The van der Waals surface area contributed by atoms with Crippen LogP contribution in [-0.4, -0.2) is 28.4 Å². The zero-order valence-electron chi connectivity index (χ0n) is 9.56. The summed E-state index contributed by atoms with van der Waals surface area (Å²) in [6.07, 6.45) is 4.76. The Hall–Kier alpha value is -0.130. The van der Waals surface area contributed by atoms with Crippen molar-refractivity contribution in [2.24, 2.45) is 0 Å². The van der Waals surface area contributed by atoms with Crippen LogP contribution in [0, 0.1) is 0 Å². The number of nitrogens with zero attached hydrogens (tertiary/aromatic N) is 2. The van der Waals surface area contributed by atoms with Crippen molar-refractivity contribution in [3.8, 4) is 0 Å². The SMILES string of the molecule is Brc1cc(SC2CCOCC2)nc(C2CC2)n1. The van der Waals surface area contributed by atoms with E-state index in [1.54, 1.807) is 0 Å². The fourth-order valence-corrected chi connectivity index (χ4v) is 3.61. The Morgan fingerprint density at radius 1 is 1.18 bits per heavy atom. The molecule has 0 aromatic carbocycles. The second-order valence-electron chi connectivity index (χ2n) is 4.59. The van der Waals surface area contributed by atoms with Gasteiger partial charge in [-0.3, -0.25) is 0 Å². The first-order valence-corrected chi connectivity index (χ1v) is 7.77. The van der Waals surface area contributed by atoms with E-state index in [9.17, 15) is 0 Å². The summed E-state index contributed by atoms with van der Waals surface area (Å²) in [6, 6.07) is 2.03. The van der Waals surface area contributed by atoms with Gasteiger partial charge < -0.3 is 4.74 Å². The van der Waals surface area contributed by atoms with Crippen LogP contribution in [0.4, 0.5) is 0 Å². The molecule has 2 fully saturated rings. The van der Waals surface area contributed by atoms with E-state index in [2.05, 4.69) is 25.9 Å². The molecule has 1 aliphatic heterocycles. The van der Waals surface area contributed by atoms with E-state index in [1.165, 1.54) is 12.8 Å². The first-order valence-electron chi connectivity index (χ1n) is 6.10. The smallest absolute Gasteiger partial charge is 0.134 e. The van der Waals surface area contributed by atoms with Crippen molar-refractivity contribution in [2.45, 2.75) is 41.9 Å². The first-order chi connectivity index (χ1) is 8.31. The molecule has 0 spiro atoms. The van der Waals surface area contributed by atoms with Crippen LogP contribution < -0.4 is 0 Å². The van der Waals surface area contributed by atoms with Crippen LogP contribution >= 0.6 is 27.7 Å². The van der Waals surface area contributed by atoms with Crippen molar-refractivity contribution in [1.29, 1.82) is 0 Å². The fraction of sp³-hybridized carbons (Fsp3) is 0.667. The van der Waals surface area contributed by atoms with Gasteiger partial charge in [0, 0.05) is 30.4 Å². The van der Waals surface area contributed by atoms with Crippen molar-refractivity contribution in [1.82, 2.24) is 9.97 Å². The summed E-state index contributed by atoms with van der Waals surface area (Å²) in [4.78, 5) is 9.13. The molecule has 17 heavy (non-hydrogen) atoms. The van der Waals surface area contributed by atoms with E-state index in [0.717, 1.165) is 41.5 Å². The normalized spacial score (nSPS) is 21.7. The molecule has 1 saturated carbocycles. The lowest BCUT2D eigenvalue weighted by atomic mass is 10.2. The van der Waals surface area contributed by atoms with Gasteiger partial charge in [0.1, 0.15) is 15.5 Å². The molecule has 1 aliphatic carbocycles. The van der Waals surface area contributed by atoms with Gasteiger partial charge in [0.05, 0.1) is 0 Å². The maximum Gasteiger partial charge on any atom is 0.134 e. The average Bonchev–Trinajstić information content (AvgIpc) is 3.13. The fourth-order valence-electron chi connectivity index (χ4n) is 1.96. The first kappa shape index (κ1) is 11.9. The molecule has 0 atom stereocenters. The Balaban J connectivity index is 1.72. The highest BCUT2D eigenvalue weighted by Crippen LogP contribution is 2.39. The van der Waals surface area contributed by atoms with Crippen LogP contribution in [0.2, 0.25) is 0 Å². The van der Waals surface area contributed by atoms with Crippen LogP contribution in [-0.2, 0) is 4.74 Å². The van der Waals surface area contributed by atoms with Crippen molar-refractivity contribution in [2.75, 3.05) is 13.2 Å². The molecule has 0 N–H and O–H groups in total. The predicted octanol–water partition coefficient (Wildman–Crippen LogP) is 3.39. The molecule has 3 nitrogen and oxygen atoms in total. The van der Waals surface area contributed by atoms with Crippen molar-refractivity contribution in [3.63, 3.8) is 0 Å². The summed E-state index contributed by atoms with van der Waals surface area (Å²) in [6.45, 7) is 1.78. The predicted molar refractivity (Wildman–Crippen MR) is 71.4 cm³/mol. The number of hydrogen-bond donors (Lipinski definition) is 0. The zero-order valence-corrected chi connectivity index (χ0v) is 12.0. The second kappa shape index (κ2) is 5.24. The van der Waals surface area contributed by atoms with Crippen molar-refractivity contribution in [3.05, 3.63) is 16.5 Å². The van der Waals surface area contributed by atoms with Crippen LogP contribution in [0.1, 0.15) is 37.4 Å². The highest BCUT2D eigenvalue weighted by molar-refractivity contribution is 9.10. The van der Waals surface area contributed by atoms with Gasteiger partial charge >= 0.3 is 0 Å². The van der Waals surface area contributed by atoms with Gasteiger partial charge in [-0.25, -0.2) is 9.97 Å². The Morgan fingerprint density at radius 3 is 2.65 bits per heavy atom. The van der Waals surface area contributed by atoms with Gasteiger partial charge in [0.15, 0.2) is 0 Å². The van der Waals surface area contributed by atoms with Gasteiger partial charge in [-0.05, 0) is 41.6 Å². The maximum absolute atomic E-state index is 5.38. The van der Waals surface area contributed by atoms with Crippen LogP contribution in [0.15, 0.2) is 15.7 Å². The standard InChI is InChI=1S/C12H15BrN2OS/c13-10-7-11(15-12(14-10)8-1-2-8)17-9-3-5-16-6-4-9/h7-9H,1-6H2. The van der Waals surface area contributed by atoms with E-state index in [0.29, 0.717) is 11.2 Å². The topological polar surface area (TPSA) is 35.0 Å². The largest absolute Gasteiger partial charge is 0.381 e. The van der Waals surface area contributed by atoms with Gasteiger partial charge in [0.25, 0.3) is 0 Å². The molecule has 0 radical (unpaired) electrons. The second-order valence-corrected chi connectivity index (χ2v) is 6.72. The van der Waals surface area contributed by atoms with Gasteiger partial charge in [0.2, 0.25) is 0 Å². The molecule has 0 amide bonds. The Morgan fingerprint density at radius 2 is 1.94 bits per heavy atom. The molecule has 92 valence electrons. The van der Waals surface area contributed by atoms with E-state index in [1.807, 2.05) is 17.8 Å². The van der Waals surface area contributed by atoms with Crippen LogP contribution in [0.25, 0.3) is 0 Å². The Labute approximate surface area is 114 Å². The van der Waals surface area contributed by atoms with Crippen LogP contribution in [0.5, 0.6) is 0 Å². The minimum atomic E-state index is 0.613. The van der Waals surface area contributed by atoms with Gasteiger partial charge in [-0.1, -0.05) is 0 Å². The third-order valence-electron chi connectivity index (χ3n) is 3.09. The van der Waals surface area contributed by atoms with Crippen LogP contribution in [0.3, 0.4) is 0 Å². The van der Waals surface area contributed by atoms with E-state index >= 15 is 0 Å². The number of ether oxygens (including phenoxy) is 1. The summed E-state index contributed by atoms with van der Waals surface area (Å²) >= 11 is 5.36. The Kier molecular flexibility index (Phi) is 3.68. The minimum absolute atomic E-state index is 0.613. The van der Waals surface area contributed by atoms with Gasteiger partial charge in [-0.15, -0.1) is 11.8 Å². The van der Waals surface area contributed by atoms with Crippen molar-refractivity contribution >= 4 is 27.7 Å². The minimum Gasteiger partial charge on any atom is -0.381 e. The summed E-state index contributed by atoms with van der Waals surface area (Å²) in [5, 5.41) is 1.76. The Bertz CT molecular complexity index is 405. The molecule has 2 heterocycles. The number of aromatic nitrogens is 2. The summed E-state index contributed by atoms with van der Waals surface area (Å²) in [7, 11) is 0. The third-order valence-corrected chi connectivity index (χ3v) is 4.75. The number of hydrogen-bond acceptors (Lipinski definition) is 4. The summed E-state index contributed by atoms with van der Waals surface area (Å²) in [5.41, 5.74) is 0. The summed E-state index contributed by atoms with van der Waals surface area (Å²) in [5.74, 6) is 1.63. The number of halogens is 1. The molecule has 1 saturated heterocycles. The molecular formula is C12H15BrN2OS. The zero-order chi connectivity index (χ0) is 11.7. The number of rotatable bonds is 3. The molecular weight excluding hydrogens is 300 g/mol. The number of thioether (sulfide) groups is 1. The quantitative estimate of drug-likeness (QED) is 0.801. The maximum atomic E-state index is 5.38. The molecule has 0 bridgehead atoms. The monoisotopic (exact) mass is 314 g/mol. The lowest BCUT2D eigenvalue weighted by Gasteiger charge is -2.21. The molecule has 1 aromatic heterocycles. The molecule has 0 unspecified atom stereocenters. The molecule has 1 aromatic rings. The van der Waals surface area contributed by atoms with Gasteiger partial charge in [-0.2, -0.15) is 0 Å². The summed E-state index contributed by atoms with van der Waals surface area (Å²) < 4.78 is 6.30. The highest BCUT2D eigenvalue weighted by atomic mass is 79.9. The lowest BCUT2D eigenvalue weighted by Crippen LogP contribution is -2.17. The van der Waals surface area contributed by atoms with E-state index < -0.39 is 0 Å². The molecule has 5 heteroatoms. The van der Waals surface area contributed by atoms with E-state index in [-0.39, 0.29) is 0 Å². The third kappa shape index (κ3) is 3.20. The van der Waals surface area contributed by atoms with E-state index in [4.69, 9.17) is 4.74 Å². The van der Waals surface area contributed by atoms with Crippen molar-refractivity contribution < 1.29 is 4.74 Å². The lowest BCUT2D eigenvalue weighted by molar-refractivity contribution is 0.1000. The molecule has 3 rings (SSSR count). The average molecular weight is 315 g/mol. The molecule has 2 aliphatic rings.